The Kier molecular flexibility index (Phi) is 6.61. The molecule has 22 heavy (non-hydrogen) atoms. The molecule has 2 aromatic carbocycles. The number of carbonyl (C=O) groups is 1. The largest absolute Gasteiger partial charge is 0.329 e. The number of para-hydroxylation sites is 1. The first kappa shape index (κ1) is 16.2. The molecule has 4 heteroatoms. The minimum Gasteiger partial charge on any atom is -0.329 e. The lowest BCUT2D eigenvalue weighted by atomic mass is 10.1. The van der Waals surface area contributed by atoms with Crippen molar-refractivity contribution in [3.05, 3.63) is 66.2 Å². The number of carbonyl (C=O) groups excluding carboxylic acids is 1. The summed E-state index contributed by atoms with van der Waals surface area (Å²) < 4.78 is 0. The van der Waals surface area contributed by atoms with Gasteiger partial charge in [-0.2, -0.15) is 0 Å². The third-order valence-electron chi connectivity index (χ3n) is 3.43. The molecule has 0 aliphatic carbocycles. The summed E-state index contributed by atoms with van der Waals surface area (Å²) in [5.74, 6) is -0.00675. The van der Waals surface area contributed by atoms with Gasteiger partial charge in [-0.1, -0.05) is 48.5 Å². The molecular formula is C18H23N3O. The van der Waals surface area contributed by atoms with Gasteiger partial charge < -0.3 is 11.1 Å². The van der Waals surface area contributed by atoms with E-state index in [1.54, 1.807) is 0 Å². The molecule has 0 fully saturated rings. The Morgan fingerprint density at radius 2 is 1.59 bits per heavy atom. The van der Waals surface area contributed by atoms with Gasteiger partial charge in [-0.25, -0.2) is 0 Å². The fraction of sp³-hybridized carbons (Fsp3) is 0.278. The molecule has 0 aliphatic rings. The third kappa shape index (κ3) is 5.68. The highest BCUT2D eigenvalue weighted by molar-refractivity contribution is 5.92. The first-order valence-corrected chi connectivity index (χ1v) is 7.59. The highest BCUT2D eigenvalue weighted by atomic mass is 16.2. The van der Waals surface area contributed by atoms with E-state index < -0.39 is 0 Å². The zero-order valence-electron chi connectivity index (χ0n) is 12.7. The number of hydrogen-bond donors (Lipinski definition) is 2. The fourth-order valence-electron chi connectivity index (χ4n) is 2.31. The Bertz CT molecular complexity index is 557. The Balaban J connectivity index is 1.84. The molecule has 3 N–H and O–H groups in total. The van der Waals surface area contributed by atoms with Crippen molar-refractivity contribution in [3.63, 3.8) is 0 Å². The van der Waals surface area contributed by atoms with Gasteiger partial charge >= 0.3 is 0 Å². The summed E-state index contributed by atoms with van der Waals surface area (Å²) in [6, 6.07) is 19.8. The number of amides is 1. The molecule has 0 radical (unpaired) electrons. The van der Waals surface area contributed by atoms with E-state index in [4.69, 9.17) is 5.73 Å². The first-order valence-electron chi connectivity index (χ1n) is 7.59. The van der Waals surface area contributed by atoms with E-state index in [0.717, 1.165) is 25.2 Å². The van der Waals surface area contributed by atoms with Crippen molar-refractivity contribution < 1.29 is 4.79 Å². The highest BCUT2D eigenvalue weighted by Crippen LogP contribution is 2.05. The van der Waals surface area contributed by atoms with Crippen LogP contribution < -0.4 is 11.1 Å². The van der Waals surface area contributed by atoms with Crippen molar-refractivity contribution in [2.24, 2.45) is 5.73 Å². The predicted molar refractivity (Wildman–Crippen MR) is 90.7 cm³/mol. The molecule has 0 aromatic heterocycles. The van der Waals surface area contributed by atoms with Crippen molar-refractivity contribution in [2.75, 3.05) is 31.5 Å². The van der Waals surface area contributed by atoms with Gasteiger partial charge in [0.25, 0.3) is 0 Å². The van der Waals surface area contributed by atoms with E-state index in [-0.39, 0.29) is 5.91 Å². The lowest BCUT2D eigenvalue weighted by Gasteiger charge is -2.21. The van der Waals surface area contributed by atoms with Crippen molar-refractivity contribution >= 4 is 11.6 Å². The molecule has 2 aromatic rings. The van der Waals surface area contributed by atoms with Gasteiger partial charge in [0.1, 0.15) is 0 Å². The number of anilines is 1. The van der Waals surface area contributed by atoms with Gasteiger partial charge in [0.15, 0.2) is 0 Å². The topological polar surface area (TPSA) is 58.4 Å². The average molecular weight is 297 g/mol. The number of rotatable bonds is 8. The van der Waals surface area contributed by atoms with Crippen LogP contribution in [0, 0.1) is 0 Å². The van der Waals surface area contributed by atoms with Gasteiger partial charge in [-0.3, -0.25) is 9.69 Å². The molecule has 0 heterocycles. The highest BCUT2D eigenvalue weighted by Gasteiger charge is 2.10. The number of benzene rings is 2. The second-order valence-corrected chi connectivity index (χ2v) is 5.21. The molecule has 0 saturated heterocycles. The standard InChI is InChI=1S/C18H23N3O/c19-12-14-21(13-11-16-7-3-1-4-8-16)15-18(22)20-17-9-5-2-6-10-17/h1-10H,11-15,19H2,(H,20,22). The van der Waals surface area contributed by atoms with Gasteiger partial charge in [0, 0.05) is 25.3 Å². The first-order chi connectivity index (χ1) is 10.8. The third-order valence-corrected chi connectivity index (χ3v) is 3.43. The molecule has 0 aliphatic heterocycles. The summed E-state index contributed by atoms with van der Waals surface area (Å²) in [6.45, 7) is 2.45. The summed E-state index contributed by atoms with van der Waals surface area (Å²) in [4.78, 5) is 14.2. The van der Waals surface area contributed by atoms with E-state index in [1.807, 2.05) is 48.5 Å². The molecule has 4 nitrogen and oxygen atoms in total. The maximum Gasteiger partial charge on any atom is 0.238 e. The smallest absolute Gasteiger partial charge is 0.238 e. The summed E-state index contributed by atoms with van der Waals surface area (Å²) >= 11 is 0. The summed E-state index contributed by atoms with van der Waals surface area (Å²) in [7, 11) is 0. The fourth-order valence-corrected chi connectivity index (χ4v) is 2.31. The van der Waals surface area contributed by atoms with Gasteiger partial charge in [-0.05, 0) is 24.1 Å². The van der Waals surface area contributed by atoms with Crippen LogP contribution >= 0.6 is 0 Å². The van der Waals surface area contributed by atoms with Crippen molar-refractivity contribution in [1.82, 2.24) is 4.90 Å². The zero-order chi connectivity index (χ0) is 15.6. The quantitative estimate of drug-likeness (QED) is 0.785. The van der Waals surface area contributed by atoms with Crippen LogP contribution in [0.25, 0.3) is 0 Å². The molecule has 0 unspecified atom stereocenters. The Morgan fingerprint density at radius 3 is 2.23 bits per heavy atom. The molecule has 0 saturated carbocycles. The van der Waals surface area contributed by atoms with Crippen molar-refractivity contribution in [2.45, 2.75) is 6.42 Å². The summed E-state index contributed by atoms with van der Waals surface area (Å²) in [5, 5.41) is 2.91. The number of nitrogens with zero attached hydrogens (tertiary/aromatic N) is 1. The molecule has 116 valence electrons. The minimum atomic E-state index is -0.00675. The lowest BCUT2D eigenvalue weighted by molar-refractivity contribution is -0.117. The number of nitrogens with two attached hydrogens (primary N) is 1. The van der Waals surface area contributed by atoms with Crippen LogP contribution in [0.4, 0.5) is 5.69 Å². The van der Waals surface area contributed by atoms with Crippen LogP contribution in [0.3, 0.4) is 0 Å². The second-order valence-electron chi connectivity index (χ2n) is 5.21. The summed E-state index contributed by atoms with van der Waals surface area (Å²) in [5.41, 5.74) is 7.75. The molecule has 1 amide bonds. The Labute approximate surface area is 131 Å². The number of hydrogen-bond acceptors (Lipinski definition) is 3. The van der Waals surface area contributed by atoms with E-state index >= 15 is 0 Å². The predicted octanol–water partition coefficient (Wildman–Crippen LogP) is 2.13. The van der Waals surface area contributed by atoms with Crippen LogP contribution in [0.2, 0.25) is 0 Å². The van der Waals surface area contributed by atoms with Crippen LogP contribution in [-0.2, 0) is 11.2 Å². The Morgan fingerprint density at radius 1 is 0.955 bits per heavy atom. The average Bonchev–Trinajstić information content (AvgIpc) is 2.55. The van der Waals surface area contributed by atoms with E-state index in [1.165, 1.54) is 5.56 Å². The maximum atomic E-state index is 12.1. The van der Waals surface area contributed by atoms with E-state index in [2.05, 4.69) is 22.3 Å². The molecule has 0 atom stereocenters. The molecular weight excluding hydrogens is 274 g/mol. The molecule has 2 rings (SSSR count). The van der Waals surface area contributed by atoms with Crippen molar-refractivity contribution in [3.8, 4) is 0 Å². The molecule has 0 bridgehead atoms. The van der Waals surface area contributed by atoms with Gasteiger partial charge in [-0.15, -0.1) is 0 Å². The van der Waals surface area contributed by atoms with E-state index in [9.17, 15) is 4.79 Å². The minimum absolute atomic E-state index is 0.00675. The normalized spacial score (nSPS) is 10.6. The SMILES string of the molecule is NCCN(CCc1ccccc1)CC(=O)Nc1ccccc1. The Hall–Kier alpha value is -2.17. The van der Waals surface area contributed by atoms with Gasteiger partial charge in [0.2, 0.25) is 5.91 Å². The lowest BCUT2D eigenvalue weighted by Crippen LogP contribution is -2.37. The second kappa shape index (κ2) is 8.97. The number of nitrogens with one attached hydrogen (secondary N) is 1. The van der Waals surface area contributed by atoms with Crippen LogP contribution in [-0.4, -0.2) is 37.0 Å². The van der Waals surface area contributed by atoms with E-state index in [0.29, 0.717) is 13.1 Å². The zero-order valence-corrected chi connectivity index (χ0v) is 12.7. The summed E-state index contributed by atoms with van der Waals surface area (Å²) in [6.07, 6.45) is 0.916. The van der Waals surface area contributed by atoms with Crippen LogP contribution in [0.5, 0.6) is 0 Å². The molecule has 0 spiro atoms. The van der Waals surface area contributed by atoms with Crippen molar-refractivity contribution in [1.29, 1.82) is 0 Å². The monoisotopic (exact) mass is 297 g/mol. The van der Waals surface area contributed by atoms with Gasteiger partial charge in [0.05, 0.1) is 6.54 Å². The van der Waals surface area contributed by atoms with Crippen LogP contribution in [0.15, 0.2) is 60.7 Å². The maximum absolute atomic E-state index is 12.1. The van der Waals surface area contributed by atoms with Crippen LogP contribution in [0.1, 0.15) is 5.56 Å².